The molecule has 0 aliphatic carbocycles. The van der Waals surface area contributed by atoms with Crippen molar-refractivity contribution in [2.45, 2.75) is 17.8 Å². The van der Waals surface area contributed by atoms with Crippen molar-refractivity contribution in [1.29, 1.82) is 0 Å². The molecule has 0 saturated carbocycles. The number of hydrogen-bond acceptors (Lipinski definition) is 2. The second-order valence-electron chi connectivity index (χ2n) is 5.43. The quantitative estimate of drug-likeness (QED) is 0.419. The molecule has 10 heteroatoms. The molecule has 27 heavy (non-hydrogen) atoms. The largest absolute Gasteiger partial charge is 0.380 e. The first-order valence-electron chi connectivity index (χ1n) is 7.06. The third kappa shape index (κ3) is 3.68. The summed E-state index contributed by atoms with van der Waals surface area (Å²) in [6.07, 6.45) is 0. The molecule has 144 valence electrons. The molecule has 0 saturated heterocycles. The van der Waals surface area contributed by atoms with Gasteiger partial charge in [-0.2, -0.15) is 26.3 Å². The van der Waals surface area contributed by atoms with Gasteiger partial charge in [0.15, 0.2) is 0 Å². The lowest BCUT2D eigenvalue weighted by molar-refractivity contribution is -0.321. The Morgan fingerprint density at radius 3 is 1.07 bits per heavy atom. The molecule has 0 fully saturated rings. The summed E-state index contributed by atoms with van der Waals surface area (Å²) in [5.41, 5.74) is -3.40. The molecular weight excluding hydrogens is 421 g/mol. The van der Waals surface area contributed by atoms with Crippen molar-refractivity contribution in [3.63, 3.8) is 0 Å². The summed E-state index contributed by atoms with van der Waals surface area (Å²) in [6, 6.07) is 4.51. The van der Waals surface area contributed by atoms with Crippen molar-refractivity contribution in [2.75, 3.05) is 0 Å². The van der Waals surface area contributed by atoms with Gasteiger partial charge in [0, 0.05) is 22.3 Å². The van der Waals surface area contributed by atoms with Gasteiger partial charge in [-0.25, -0.2) is 0 Å². The van der Waals surface area contributed by atoms with Crippen LogP contribution in [0.1, 0.15) is 31.8 Å². The highest BCUT2D eigenvalue weighted by Gasteiger charge is 2.72. The molecule has 0 aliphatic rings. The van der Waals surface area contributed by atoms with E-state index in [0.29, 0.717) is 48.5 Å². The molecule has 0 atom stereocenters. The smallest absolute Gasteiger partial charge is 0.276 e. The van der Waals surface area contributed by atoms with E-state index in [-0.39, 0.29) is 11.1 Å². The third-order valence-corrected chi connectivity index (χ3v) is 4.17. The Hall–Kier alpha value is -2.06. The van der Waals surface area contributed by atoms with Crippen molar-refractivity contribution >= 4 is 33.7 Å². The summed E-state index contributed by atoms with van der Waals surface area (Å²) in [7, 11) is 0. The zero-order valence-electron chi connectivity index (χ0n) is 13.0. The van der Waals surface area contributed by atoms with Gasteiger partial charge in [0.1, 0.15) is 0 Å². The van der Waals surface area contributed by atoms with Crippen LogP contribution in [-0.4, -0.2) is 16.4 Å². The molecule has 0 heterocycles. The number of halogens is 8. The van der Waals surface area contributed by atoms with Crippen molar-refractivity contribution in [3.8, 4) is 0 Å². The van der Waals surface area contributed by atoms with Gasteiger partial charge in [-0.3, -0.25) is 9.59 Å². The highest BCUT2D eigenvalue weighted by molar-refractivity contribution is 6.68. The molecule has 0 spiro atoms. The van der Waals surface area contributed by atoms with Crippen LogP contribution in [0.2, 0.25) is 0 Å². The number of benzene rings is 2. The number of rotatable bonds is 6. The van der Waals surface area contributed by atoms with Gasteiger partial charge in [0.2, 0.25) is 0 Å². The summed E-state index contributed by atoms with van der Waals surface area (Å²) in [5.74, 6) is -16.4. The van der Waals surface area contributed by atoms with Gasteiger partial charge >= 0.3 is 17.8 Å². The summed E-state index contributed by atoms with van der Waals surface area (Å²) in [5, 5.41) is -2.06. The Morgan fingerprint density at radius 1 is 0.593 bits per heavy atom. The standard InChI is InChI=1S/C17H8Cl2F6O2/c18-13(26)9-1-5-11(6-2-9)15(20,21)17(24,25)16(22,23)12-7-3-10(4-8-12)14(19)27/h1-8H. The molecule has 0 radical (unpaired) electrons. The first-order chi connectivity index (χ1) is 12.3. The molecule has 0 aromatic heterocycles. The zero-order valence-corrected chi connectivity index (χ0v) is 14.5. The second-order valence-corrected chi connectivity index (χ2v) is 6.11. The Balaban J connectivity index is 2.46. The average molecular weight is 429 g/mol. The van der Waals surface area contributed by atoms with Crippen molar-refractivity contribution in [2.24, 2.45) is 0 Å². The van der Waals surface area contributed by atoms with Crippen molar-refractivity contribution < 1.29 is 35.9 Å². The Morgan fingerprint density at radius 2 is 0.852 bits per heavy atom. The van der Waals surface area contributed by atoms with E-state index in [0.717, 1.165) is 0 Å². The highest BCUT2D eigenvalue weighted by Crippen LogP contribution is 2.55. The maximum absolute atomic E-state index is 14.2. The maximum Gasteiger partial charge on any atom is 0.380 e. The fourth-order valence-corrected chi connectivity index (χ4v) is 2.43. The number of hydrogen-bond donors (Lipinski definition) is 0. The molecule has 0 unspecified atom stereocenters. The Kier molecular flexibility index (Phi) is 5.64. The zero-order chi connectivity index (χ0) is 20.6. The lowest BCUT2D eigenvalue weighted by atomic mass is 9.92. The lowest BCUT2D eigenvalue weighted by Gasteiger charge is -2.33. The van der Waals surface area contributed by atoms with Crippen LogP contribution in [0.4, 0.5) is 26.3 Å². The Bertz CT molecular complexity index is 792. The van der Waals surface area contributed by atoms with Crippen molar-refractivity contribution in [1.82, 2.24) is 0 Å². The van der Waals surface area contributed by atoms with Crippen LogP contribution in [0, 0.1) is 0 Å². The fourth-order valence-electron chi connectivity index (χ4n) is 2.18. The SMILES string of the molecule is O=C(Cl)c1ccc(C(F)(F)C(F)(F)C(F)(F)c2ccc(C(=O)Cl)cc2)cc1. The fraction of sp³-hybridized carbons (Fsp3) is 0.176. The predicted octanol–water partition coefficient (Wildman–Crippen LogP) is 5.96. The van der Waals surface area contributed by atoms with Crippen molar-refractivity contribution in [3.05, 3.63) is 70.8 Å². The monoisotopic (exact) mass is 428 g/mol. The van der Waals surface area contributed by atoms with Crippen LogP contribution >= 0.6 is 23.2 Å². The van der Waals surface area contributed by atoms with E-state index in [9.17, 15) is 35.9 Å². The molecule has 2 rings (SSSR count). The van der Waals surface area contributed by atoms with E-state index in [2.05, 4.69) is 0 Å². The molecular formula is C17H8Cl2F6O2. The Labute approximate surface area is 158 Å². The van der Waals surface area contributed by atoms with E-state index in [4.69, 9.17) is 23.2 Å². The van der Waals surface area contributed by atoms with E-state index < -0.39 is 39.4 Å². The molecule has 0 N–H and O–H groups in total. The van der Waals surface area contributed by atoms with Gasteiger partial charge in [-0.15, -0.1) is 0 Å². The third-order valence-electron chi connectivity index (χ3n) is 3.74. The number of alkyl halides is 6. The summed E-state index contributed by atoms with van der Waals surface area (Å²) >= 11 is 10.2. The first-order valence-corrected chi connectivity index (χ1v) is 7.82. The van der Waals surface area contributed by atoms with Crippen LogP contribution in [0.3, 0.4) is 0 Å². The van der Waals surface area contributed by atoms with Gasteiger partial charge in [0.05, 0.1) is 0 Å². The van der Waals surface area contributed by atoms with Crippen LogP contribution in [-0.2, 0) is 11.8 Å². The van der Waals surface area contributed by atoms with Gasteiger partial charge in [-0.1, -0.05) is 24.3 Å². The second kappa shape index (κ2) is 7.16. The molecule has 2 aromatic carbocycles. The van der Waals surface area contributed by atoms with Gasteiger partial charge < -0.3 is 0 Å². The molecule has 0 amide bonds. The minimum Gasteiger partial charge on any atom is -0.276 e. The van der Waals surface area contributed by atoms with Crippen LogP contribution < -0.4 is 0 Å². The molecule has 0 bridgehead atoms. The lowest BCUT2D eigenvalue weighted by Crippen LogP contribution is -2.50. The summed E-state index contributed by atoms with van der Waals surface area (Å²) in [6.45, 7) is 0. The topological polar surface area (TPSA) is 34.1 Å². The highest BCUT2D eigenvalue weighted by atomic mass is 35.5. The minimum absolute atomic E-state index is 0.271. The van der Waals surface area contributed by atoms with E-state index in [1.165, 1.54) is 0 Å². The average Bonchev–Trinajstić information content (AvgIpc) is 2.61. The number of carbonyl (C=O) groups excluding carboxylic acids is 2. The maximum atomic E-state index is 14.2. The summed E-state index contributed by atoms with van der Waals surface area (Å²) in [4.78, 5) is 21.8. The molecule has 2 nitrogen and oxygen atoms in total. The predicted molar refractivity (Wildman–Crippen MR) is 86.0 cm³/mol. The number of carbonyl (C=O) groups is 2. The summed E-state index contributed by atoms with van der Waals surface area (Å²) < 4.78 is 85.3. The van der Waals surface area contributed by atoms with E-state index >= 15 is 0 Å². The van der Waals surface area contributed by atoms with E-state index in [1.807, 2.05) is 0 Å². The normalized spacial score (nSPS) is 12.7. The van der Waals surface area contributed by atoms with E-state index in [1.54, 1.807) is 0 Å². The molecule has 2 aromatic rings. The van der Waals surface area contributed by atoms with Crippen LogP contribution in [0.15, 0.2) is 48.5 Å². The minimum atomic E-state index is -5.83. The first kappa shape index (κ1) is 21.2. The molecule has 0 aliphatic heterocycles. The van der Waals surface area contributed by atoms with Crippen LogP contribution in [0.25, 0.3) is 0 Å². The van der Waals surface area contributed by atoms with Gasteiger partial charge in [0.25, 0.3) is 10.5 Å². The van der Waals surface area contributed by atoms with Gasteiger partial charge in [-0.05, 0) is 47.5 Å². The van der Waals surface area contributed by atoms with Crippen LogP contribution in [0.5, 0.6) is 0 Å².